The Morgan fingerprint density at radius 2 is 1.83 bits per heavy atom. The van der Waals surface area contributed by atoms with Crippen LogP contribution in [-0.4, -0.2) is 21.4 Å². The van der Waals surface area contributed by atoms with Crippen LogP contribution in [0.15, 0.2) is 60.9 Å². The van der Waals surface area contributed by atoms with Gasteiger partial charge in [0, 0.05) is 31.7 Å². The van der Waals surface area contributed by atoms with Gasteiger partial charge in [-0.15, -0.1) is 0 Å². The molecule has 24 heavy (non-hydrogen) atoms. The van der Waals surface area contributed by atoms with Gasteiger partial charge in [0.25, 0.3) is 0 Å². The molecule has 1 aliphatic heterocycles. The van der Waals surface area contributed by atoms with Crippen LogP contribution in [0.2, 0.25) is 0 Å². The van der Waals surface area contributed by atoms with Gasteiger partial charge in [0.2, 0.25) is 0 Å². The molecule has 122 valence electrons. The smallest absolute Gasteiger partial charge is 0.119 e. The molecule has 0 amide bonds. The Labute approximate surface area is 142 Å². The lowest BCUT2D eigenvalue weighted by Crippen LogP contribution is -2.30. The van der Waals surface area contributed by atoms with Gasteiger partial charge in [0.05, 0.1) is 12.0 Å². The van der Waals surface area contributed by atoms with E-state index in [0.717, 1.165) is 31.8 Å². The third kappa shape index (κ3) is 3.49. The number of hydrogen-bond acceptors (Lipinski definition) is 3. The number of fused-ring (bicyclic) bond motifs is 1. The standard InChI is InChI=1S/C20H21N3O/c1-2-4-17(5-3-1)14-24-18-8-6-16(7-9-18)12-23-11-10-19-20(13-23)22-15-21-19/h1-9,15H,10-14H2,(H,21,22). The maximum atomic E-state index is 5.85. The Morgan fingerprint density at radius 3 is 2.67 bits per heavy atom. The average molecular weight is 319 g/mol. The number of aromatic amines is 1. The predicted octanol–water partition coefficient (Wildman–Crippen LogP) is 3.55. The maximum absolute atomic E-state index is 5.85. The topological polar surface area (TPSA) is 41.1 Å². The van der Waals surface area contributed by atoms with E-state index in [0.29, 0.717) is 6.61 Å². The van der Waals surface area contributed by atoms with E-state index in [9.17, 15) is 0 Å². The Morgan fingerprint density at radius 1 is 1.00 bits per heavy atom. The molecule has 1 aromatic heterocycles. The zero-order chi connectivity index (χ0) is 16.2. The Kier molecular flexibility index (Phi) is 4.30. The number of H-pyrrole nitrogens is 1. The third-order valence-corrected chi connectivity index (χ3v) is 4.44. The minimum atomic E-state index is 0.605. The highest BCUT2D eigenvalue weighted by atomic mass is 16.5. The maximum Gasteiger partial charge on any atom is 0.119 e. The molecule has 0 saturated heterocycles. The van der Waals surface area contributed by atoms with Gasteiger partial charge in [-0.2, -0.15) is 0 Å². The van der Waals surface area contributed by atoms with Gasteiger partial charge < -0.3 is 9.72 Å². The fraction of sp³-hybridized carbons (Fsp3) is 0.250. The van der Waals surface area contributed by atoms with Crippen molar-refractivity contribution >= 4 is 0 Å². The summed E-state index contributed by atoms with van der Waals surface area (Å²) in [7, 11) is 0. The van der Waals surface area contributed by atoms with Crippen molar-refractivity contribution in [3.05, 3.63) is 83.4 Å². The normalized spacial score (nSPS) is 14.3. The van der Waals surface area contributed by atoms with E-state index in [1.54, 1.807) is 6.33 Å². The number of nitrogens with one attached hydrogen (secondary N) is 1. The molecule has 0 radical (unpaired) electrons. The first-order valence-corrected chi connectivity index (χ1v) is 8.36. The van der Waals surface area contributed by atoms with Gasteiger partial charge in [-0.3, -0.25) is 4.90 Å². The first-order chi connectivity index (χ1) is 11.9. The van der Waals surface area contributed by atoms with Gasteiger partial charge in [-0.25, -0.2) is 4.98 Å². The fourth-order valence-electron chi connectivity index (χ4n) is 3.09. The second-order valence-electron chi connectivity index (χ2n) is 6.21. The van der Waals surface area contributed by atoms with E-state index in [2.05, 4.69) is 51.3 Å². The molecule has 0 aliphatic carbocycles. The molecule has 0 spiro atoms. The number of benzene rings is 2. The van der Waals surface area contributed by atoms with E-state index in [-0.39, 0.29) is 0 Å². The molecule has 0 fully saturated rings. The molecular weight excluding hydrogens is 298 g/mol. The molecule has 1 N–H and O–H groups in total. The summed E-state index contributed by atoms with van der Waals surface area (Å²) < 4.78 is 5.85. The lowest BCUT2D eigenvalue weighted by Gasteiger charge is -2.26. The number of nitrogens with zero attached hydrogens (tertiary/aromatic N) is 2. The molecule has 2 heterocycles. The van der Waals surface area contributed by atoms with Crippen molar-refractivity contribution in [2.45, 2.75) is 26.1 Å². The first kappa shape index (κ1) is 15.0. The van der Waals surface area contributed by atoms with E-state index < -0.39 is 0 Å². The summed E-state index contributed by atoms with van der Waals surface area (Å²) in [5.41, 5.74) is 4.96. The highest BCUT2D eigenvalue weighted by Gasteiger charge is 2.18. The first-order valence-electron chi connectivity index (χ1n) is 8.36. The molecule has 0 saturated carbocycles. The summed E-state index contributed by atoms with van der Waals surface area (Å²) in [4.78, 5) is 10.1. The predicted molar refractivity (Wildman–Crippen MR) is 93.6 cm³/mol. The summed E-state index contributed by atoms with van der Waals surface area (Å²) in [6.45, 7) is 3.55. The van der Waals surface area contributed by atoms with Crippen molar-refractivity contribution in [2.75, 3.05) is 6.54 Å². The van der Waals surface area contributed by atoms with E-state index in [1.807, 2.05) is 18.2 Å². The molecule has 1 aliphatic rings. The minimum Gasteiger partial charge on any atom is -0.489 e. The summed E-state index contributed by atoms with van der Waals surface area (Å²) in [6.07, 6.45) is 2.85. The Balaban J connectivity index is 1.33. The van der Waals surface area contributed by atoms with Crippen molar-refractivity contribution in [2.24, 2.45) is 0 Å². The van der Waals surface area contributed by atoms with Crippen molar-refractivity contribution in [1.82, 2.24) is 14.9 Å². The number of imidazole rings is 1. The lowest BCUT2D eigenvalue weighted by atomic mass is 10.1. The van der Waals surface area contributed by atoms with Crippen LogP contribution in [0.1, 0.15) is 22.5 Å². The van der Waals surface area contributed by atoms with Crippen LogP contribution in [-0.2, 0) is 26.1 Å². The molecule has 3 aromatic rings. The Hall–Kier alpha value is -2.59. The van der Waals surface area contributed by atoms with Crippen LogP contribution in [0.5, 0.6) is 5.75 Å². The quantitative estimate of drug-likeness (QED) is 0.782. The molecule has 0 unspecified atom stereocenters. The SMILES string of the molecule is c1ccc(COc2ccc(CN3CCc4[nH]cnc4C3)cc2)cc1. The number of hydrogen-bond donors (Lipinski definition) is 1. The number of ether oxygens (including phenoxy) is 1. The van der Waals surface area contributed by atoms with Crippen molar-refractivity contribution in [3.8, 4) is 5.75 Å². The van der Waals surface area contributed by atoms with Crippen LogP contribution in [0.25, 0.3) is 0 Å². The third-order valence-electron chi connectivity index (χ3n) is 4.44. The van der Waals surface area contributed by atoms with Crippen LogP contribution in [0.3, 0.4) is 0 Å². The van der Waals surface area contributed by atoms with E-state index in [4.69, 9.17) is 4.74 Å². The van der Waals surface area contributed by atoms with Crippen LogP contribution >= 0.6 is 0 Å². The monoisotopic (exact) mass is 319 g/mol. The van der Waals surface area contributed by atoms with Crippen LogP contribution in [0, 0.1) is 0 Å². The highest BCUT2D eigenvalue weighted by molar-refractivity contribution is 5.28. The van der Waals surface area contributed by atoms with Crippen molar-refractivity contribution in [3.63, 3.8) is 0 Å². The minimum absolute atomic E-state index is 0.605. The van der Waals surface area contributed by atoms with Gasteiger partial charge in [-0.05, 0) is 23.3 Å². The van der Waals surface area contributed by atoms with Gasteiger partial charge in [0.1, 0.15) is 12.4 Å². The van der Waals surface area contributed by atoms with Gasteiger partial charge >= 0.3 is 0 Å². The van der Waals surface area contributed by atoms with Crippen LogP contribution < -0.4 is 4.74 Å². The number of aromatic nitrogens is 2. The average Bonchev–Trinajstić information content (AvgIpc) is 3.10. The molecule has 0 bridgehead atoms. The fourth-order valence-corrected chi connectivity index (χ4v) is 3.09. The second kappa shape index (κ2) is 6.89. The van der Waals surface area contributed by atoms with Crippen LogP contribution in [0.4, 0.5) is 0 Å². The zero-order valence-corrected chi connectivity index (χ0v) is 13.6. The van der Waals surface area contributed by atoms with Crippen molar-refractivity contribution < 1.29 is 4.74 Å². The molecule has 4 rings (SSSR count). The molecule has 2 aromatic carbocycles. The van der Waals surface area contributed by atoms with Gasteiger partial charge in [-0.1, -0.05) is 42.5 Å². The lowest BCUT2D eigenvalue weighted by molar-refractivity contribution is 0.241. The molecular formula is C20H21N3O. The second-order valence-corrected chi connectivity index (χ2v) is 6.21. The summed E-state index contributed by atoms with van der Waals surface area (Å²) in [5.74, 6) is 0.913. The molecule has 4 nitrogen and oxygen atoms in total. The van der Waals surface area contributed by atoms with E-state index in [1.165, 1.54) is 22.5 Å². The van der Waals surface area contributed by atoms with Gasteiger partial charge in [0.15, 0.2) is 0 Å². The molecule has 4 heteroatoms. The summed E-state index contributed by atoms with van der Waals surface area (Å²) in [5, 5.41) is 0. The molecule has 0 atom stereocenters. The summed E-state index contributed by atoms with van der Waals surface area (Å²) >= 11 is 0. The Bertz CT molecular complexity index is 780. The highest BCUT2D eigenvalue weighted by Crippen LogP contribution is 2.19. The number of rotatable bonds is 5. The summed E-state index contributed by atoms with van der Waals surface area (Å²) in [6, 6.07) is 18.7. The largest absolute Gasteiger partial charge is 0.489 e. The van der Waals surface area contributed by atoms with E-state index >= 15 is 0 Å². The zero-order valence-electron chi connectivity index (χ0n) is 13.6. The van der Waals surface area contributed by atoms with Crippen molar-refractivity contribution in [1.29, 1.82) is 0 Å².